The predicted molar refractivity (Wildman–Crippen MR) is 37.1 cm³/mol. The number of β-amino-alcohol motifs (C(OH)–C–C–N with tert-alkyl or cyclic N) is 1. The molecule has 0 aromatic heterocycles. The minimum atomic E-state index is -0.0657. The van der Waals surface area contributed by atoms with Gasteiger partial charge in [-0.3, -0.25) is 0 Å². The first kappa shape index (κ1) is 9.19. The van der Waals surface area contributed by atoms with Gasteiger partial charge in [0.05, 0.1) is 6.61 Å². The van der Waals surface area contributed by atoms with Crippen molar-refractivity contribution >= 4 is 6.03 Å². The van der Waals surface area contributed by atoms with Crippen molar-refractivity contribution < 1.29 is 9.90 Å². The molecule has 0 bridgehead atoms. The van der Waals surface area contributed by atoms with Crippen molar-refractivity contribution in [1.29, 1.82) is 0 Å². The molecule has 5 N–H and O–H groups in total. The van der Waals surface area contributed by atoms with Crippen LogP contribution in [0.5, 0.6) is 0 Å². The molecule has 1 saturated heterocycles. The van der Waals surface area contributed by atoms with Gasteiger partial charge in [0, 0.05) is 19.6 Å². The molecule has 0 aliphatic carbocycles. The number of aliphatic hydroxyl groups is 1. The number of carbonyl (C=O) groups excluding carboxylic acids is 1. The Labute approximate surface area is 59.6 Å². The Morgan fingerprint density at radius 2 is 2.40 bits per heavy atom. The van der Waals surface area contributed by atoms with E-state index in [1.54, 1.807) is 4.90 Å². The van der Waals surface area contributed by atoms with E-state index in [0.717, 1.165) is 6.54 Å². The second-order valence-corrected chi connectivity index (χ2v) is 1.94. The second kappa shape index (κ2) is 4.08. The number of nitrogens with zero attached hydrogens (tertiary/aromatic N) is 1. The monoisotopic (exact) mass is 147 g/mol. The van der Waals surface area contributed by atoms with Crippen molar-refractivity contribution in [2.45, 2.75) is 0 Å². The van der Waals surface area contributed by atoms with E-state index in [1.165, 1.54) is 0 Å². The van der Waals surface area contributed by atoms with E-state index in [-0.39, 0.29) is 18.8 Å². The molecule has 1 rings (SSSR count). The molecule has 1 aliphatic heterocycles. The van der Waals surface area contributed by atoms with Crippen molar-refractivity contribution in [2.24, 2.45) is 0 Å². The van der Waals surface area contributed by atoms with E-state index in [9.17, 15) is 4.79 Å². The maximum atomic E-state index is 10.7. The Bertz CT molecular complexity index is 117. The van der Waals surface area contributed by atoms with Gasteiger partial charge in [0.15, 0.2) is 0 Å². The second-order valence-electron chi connectivity index (χ2n) is 1.94. The van der Waals surface area contributed by atoms with Crippen LogP contribution in [0.3, 0.4) is 0 Å². The zero-order valence-corrected chi connectivity index (χ0v) is 5.84. The third-order valence-electron chi connectivity index (χ3n) is 1.32. The molecule has 0 unspecified atom stereocenters. The van der Waals surface area contributed by atoms with Crippen LogP contribution in [0.2, 0.25) is 0 Å². The van der Waals surface area contributed by atoms with Crippen LogP contribution in [-0.4, -0.2) is 42.3 Å². The molecule has 1 heterocycles. The highest BCUT2D eigenvalue weighted by Gasteiger charge is 2.17. The maximum absolute atomic E-state index is 10.7. The van der Waals surface area contributed by atoms with Gasteiger partial charge >= 0.3 is 6.03 Å². The van der Waals surface area contributed by atoms with Crippen molar-refractivity contribution in [3.05, 3.63) is 0 Å². The highest BCUT2D eigenvalue weighted by molar-refractivity contribution is 5.76. The predicted octanol–water partition coefficient (Wildman–Crippen LogP) is -0.834. The van der Waals surface area contributed by atoms with Crippen LogP contribution in [0.25, 0.3) is 0 Å². The van der Waals surface area contributed by atoms with Gasteiger partial charge in [0.25, 0.3) is 0 Å². The molecular formula is C5H13N3O2. The fourth-order valence-electron chi connectivity index (χ4n) is 0.845. The summed E-state index contributed by atoms with van der Waals surface area (Å²) >= 11 is 0. The summed E-state index contributed by atoms with van der Waals surface area (Å²) < 4.78 is 0. The van der Waals surface area contributed by atoms with E-state index in [1.807, 2.05) is 0 Å². The van der Waals surface area contributed by atoms with Crippen molar-refractivity contribution in [3.63, 3.8) is 0 Å². The number of aliphatic hydroxyl groups excluding tert-OH is 1. The van der Waals surface area contributed by atoms with E-state index < -0.39 is 0 Å². The number of carbonyl (C=O) groups is 1. The first-order valence-electron chi connectivity index (χ1n) is 2.98. The molecule has 10 heavy (non-hydrogen) atoms. The topological polar surface area (TPSA) is 87.6 Å². The summed E-state index contributed by atoms with van der Waals surface area (Å²) in [6.45, 7) is 1.93. The summed E-state index contributed by atoms with van der Waals surface area (Å²) in [5.74, 6) is 0. The first-order valence-corrected chi connectivity index (χ1v) is 2.98. The highest BCUT2D eigenvalue weighted by atomic mass is 16.3. The molecule has 60 valence electrons. The summed E-state index contributed by atoms with van der Waals surface area (Å²) in [4.78, 5) is 12.3. The van der Waals surface area contributed by atoms with Crippen LogP contribution < -0.4 is 11.5 Å². The largest absolute Gasteiger partial charge is 0.395 e. The Morgan fingerprint density at radius 3 is 2.80 bits per heavy atom. The van der Waals surface area contributed by atoms with Crippen LogP contribution in [0, 0.1) is 0 Å². The molecule has 5 nitrogen and oxygen atoms in total. The van der Waals surface area contributed by atoms with Crippen LogP contribution >= 0.6 is 0 Å². The zero-order chi connectivity index (χ0) is 6.69. The smallest absolute Gasteiger partial charge is 0.317 e. The molecule has 1 fully saturated rings. The summed E-state index contributed by atoms with van der Waals surface area (Å²) in [5.41, 5.74) is 0. The van der Waals surface area contributed by atoms with Gasteiger partial charge < -0.3 is 21.5 Å². The van der Waals surface area contributed by atoms with Crippen molar-refractivity contribution in [2.75, 3.05) is 26.2 Å². The third kappa shape index (κ3) is 1.85. The van der Waals surface area contributed by atoms with Gasteiger partial charge in [-0.15, -0.1) is 0 Å². The van der Waals surface area contributed by atoms with Crippen LogP contribution in [0.15, 0.2) is 0 Å². The van der Waals surface area contributed by atoms with Gasteiger partial charge in [-0.2, -0.15) is 0 Å². The molecule has 0 radical (unpaired) electrons. The van der Waals surface area contributed by atoms with Crippen molar-refractivity contribution in [3.8, 4) is 0 Å². The molecule has 0 atom stereocenters. The summed E-state index contributed by atoms with van der Waals surface area (Å²) in [5, 5.41) is 11.1. The molecule has 5 heteroatoms. The summed E-state index contributed by atoms with van der Waals surface area (Å²) in [6, 6.07) is -0.0657. The lowest BCUT2D eigenvalue weighted by atomic mass is 10.5. The van der Waals surface area contributed by atoms with Crippen LogP contribution in [-0.2, 0) is 0 Å². The number of hydrogen-bond acceptors (Lipinski definition) is 3. The zero-order valence-electron chi connectivity index (χ0n) is 5.84. The lowest BCUT2D eigenvalue weighted by molar-refractivity contribution is 0.197. The van der Waals surface area contributed by atoms with E-state index in [4.69, 9.17) is 5.11 Å². The quantitative estimate of drug-likeness (QED) is 0.476. The summed E-state index contributed by atoms with van der Waals surface area (Å²) in [7, 11) is 0. The average molecular weight is 147 g/mol. The standard InChI is InChI=1S/C5H10N2O2.H3N/c8-4-3-7-2-1-6-5(7)9;/h8H,1-4H2,(H,6,9);1H3. The SMILES string of the molecule is N.O=C1NCCN1CCO. The Morgan fingerprint density at radius 1 is 1.70 bits per heavy atom. The van der Waals surface area contributed by atoms with E-state index >= 15 is 0 Å². The van der Waals surface area contributed by atoms with Gasteiger partial charge in [0.1, 0.15) is 0 Å². The van der Waals surface area contributed by atoms with Gasteiger partial charge in [-0.1, -0.05) is 0 Å². The van der Waals surface area contributed by atoms with E-state index in [0.29, 0.717) is 13.1 Å². The Kier molecular flexibility index (Phi) is 3.75. The summed E-state index contributed by atoms with van der Waals surface area (Å²) in [6.07, 6.45) is 0. The Hall–Kier alpha value is -0.810. The number of amides is 2. The number of hydrogen-bond donors (Lipinski definition) is 3. The van der Waals surface area contributed by atoms with Gasteiger partial charge in [-0.05, 0) is 0 Å². The molecule has 1 aliphatic rings. The average Bonchev–Trinajstić information content (AvgIpc) is 2.18. The lowest BCUT2D eigenvalue weighted by Crippen LogP contribution is -2.30. The number of nitrogens with one attached hydrogen (secondary N) is 1. The number of rotatable bonds is 2. The molecule has 0 aromatic carbocycles. The number of urea groups is 1. The lowest BCUT2D eigenvalue weighted by Gasteiger charge is -2.10. The minimum absolute atomic E-state index is 0. The molecule has 0 aromatic rings. The highest BCUT2D eigenvalue weighted by Crippen LogP contribution is 1.93. The maximum Gasteiger partial charge on any atom is 0.317 e. The van der Waals surface area contributed by atoms with Gasteiger partial charge in [0.2, 0.25) is 0 Å². The van der Waals surface area contributed by atoms with Crippen molar-refractivity contribution in [1.82, 2.24) is 16.4 Å². The molecule has 0 spiro atoms. The van der Waals surface area contributed by atoms with Gasteiger partial charge in [-0.25, -0.2) is 4.79 Å². The fraction of sp³-hybridized carbons (Fsp3) is 0.800. The Balaban J connectivity index is 0.000000810. The fourth-order valence-corrected chi connectivity index (χ4v) is 0.845. The minimum Gasteiger partial charge on any atom is -0.395 e. The molecule has 2 amide bonds. The normalized spacial score (nSPS) is 16.5. The van der Waals surface area contributed by atoms with Crippen LogP contribution in [0.1, 0.15) is 0 Å². The third-order valence-corrected chi connectivity index (χ3v) is 1.32. The van der Waals surface area contributed by atoms with E-state index in [2.05, 4.69) is 5.32 Å². The molecule has 0 saturated carbocycles. The molecular weight excluding hydrogens is 134 g/mol. The first-order chi connectivity index (χ1) is 4.34. The van der Waals surface area contributed by atoms with Crippen LogP contribution in [0.4, 0.5) is 4.79 Å².